The van der Waals surface area contributed by atoms with Crippen LogP contribution in [0.25, 0.3) is 0 Å². The standard InChI is InChI=1S/C44H45N5O6/c1-6-23-48-35-21-18-31(49-36-14-10-11-15-37(36)54-27-39(49)50)25-33(35)44(42(48)52)28(2)40(43(3,4)30-16-19-32(53-5)20-17-30)38(55-44)22-24-47-26-34(45-46-47)41(51)29-12-8-7-9-13-29/h6-21,25-26,28,38,40-41,51H,1,22-24,27H2,2-5H3/t28-,38+,40-,41+,44+/m0/s1. The fourth-order valence-corrected chi connectivity index (χ4v) is 9.02. The van der Waals surface area contributed by atoms with Crippen LogP contribution in [0.15, 0.2) is 116 Å². The average molecular weight is 740 g/mol. The van der Waals surface area contributed by atoms with Crippen LogP contribution in [0.1, 0.15) is 55.7 Å². The van der Waals surface area contributed by atoms with Crippen molar-refractivity contribution in [3.8, 4) is 11.5 Å². The third kappa shape index (κ3) is 5.98. The van der Waals surface area contributed by atoms with E-state index in [1.54, 1.807) is 33.9 Å². The first-order valence-corrected chi connectivity index (χ1v) is 18.7. The summed E-state index contributed by atoms with van der Waals surface area (Å²) in [5.41, 5.74) is 3.15. The molecule has 282 valence electrons. The lowest BCUT2D eigenvalue weighted by atomic mass is 9.63. The van der Waals surface area contributed by atoms with Crippen molar-refractivity contribution in [1.82, 2.24) is 15.0 Å². The van der Waals surface area contributed by atoms with Gasteiger partial charge in [-0.1, -0.05) is 86.7 Å². The number of aromatic nitrogens is 3. The third-order valence-corrected chi connectivity index (χ3v) is 11.7. The van der Waals surface area contributed by atoms with E-state index in [9.17, 15) is 9.90 Å². The fraction of sp³-hybridized carbons (Fsp3) is 0.318. The predicted octanol–water partition coefficient (Wildman–Crippen LogP) is 6.87. The van der Waals surface area contributed by atoms with Crippen LogP contribution in [0, 0.1) is 11.8 Å². The van der Waals surface area contributed by atoms with Crippen molar-refractivity contribution in [1.29, 1.82) is 0 Å². The van der Waals surface area contributed by atoms with E-state index < -0.39 is 23.2 Å². The number of ether oxygens (including phenoxy) is 3. The molecule has 5 aromatic rings. The van der Waals surface area contributed by atoms with Crippen LogP contribution < -0.4 is 19.3 Å². The summed E-state index contributed by atoms with van der Waals surface area (Å²) in [7, 11) is 1.65. The smallest absolute Gasteiger partial charge is 0.269 e. The highest BCUT2D eigenvalue weighted by Crippen LogP contribution is 2.60. The Labute approximate surface area is 320 Å². The van der Waals surface area contributed by atoms with Crippen LogP contribution in [-0.2, 0) is 31.9 Å². The number of hydrogen-bond acceptors (Lipinski definition) is 8. The molecule has 5 atom stereocenters. The summed E-state index contributed by atoms with van der Waals surface area (Å²) in [4.78, 5) is 31.9. The third-order valence-electron chi connectivity index (χ3n) is 11.7. The van der Waals surface area contributed by atoms with E-state index in [-0.39, 0.29) is 30.3 Å². The predicted molar refractivity (Wildman–Crippen MR) is 208 cm³/mol. The van der Waals surface area contributed by atoms with Gasteiger partial charge in [0.15, 0.2) is 12.2 Å². The van der Waals surface area contributed by atoms with E-state index in [2.05, 4.69) is 49.8 Å². The van der Waals surface area contributed by atoms with Gasteiger partial charge in [0, 0.05) is 36.2 Å². The summed E-state index contributed by atoms with van der Waals surface area (Å²) in [5.74, 6) is 0.531. The second-order valence-electron chi connectivity index (χ2n) is 15.1. The van der Waals surface area contributed by atoms with Crippen LogP contribution in [0.4, 0.5) is 17.1 Å². The maximum absolute atomic E-state index is 15.0. The van der Waals surface area contributed by atoms with Crippen molar-refractivity contribution in [2.45, 2.75) is 57.0 Å². The van der Waals surface area contributed by atoms with Gasteiger partial charge in [-0.3, -0.25) is 19.2 Å². The van der Waals surface area contributed by atoms with E-state index in [0.29, 0.717) is 47.9 Å². The van der Waals surface area contributed by atoms with Gasteiger partial charge in [0.25, 0.3) is 11.8 Å². The van der Waals surface area contributed by atoms with Crippen molar-refractivity contribution in [3.05, 3.63) is 138 Å². The number of anilines is 3. The Hall–Kier alpha value is -5.78. The summed E-state index contributed by atoms with van der Waals surface area (Å²) in [5, 5.41) is 19.7. The van der Waals surface area contributed by atoms with E-state index in [1.165, 1.54) is 0 Å². The van der Waals surface area contributed by atoms with Crippen LogP contribution in [0.3, 0.4) is 0 Å². The normalized spacial score (nSPS) is 22.4. The minimum Gasteiger partial charge on any atom is -0.497 e. The molecule has 0 aliphatic carbocycles. The van der Waals surface area contributed by atoms with E-state index in [1.807, 2.05) is 84.9 Å². The number of para-hydroxylation sites is 2. The van der Waals surface area contributed by atoms with Gasteiger partial charge in [0.2, 0.25) is 0 Å². The fourth-order valence-electron chi connectivity index (χ4n) is 9.02. The van der Waals surface area contributed by atoms with Crippen molar-refractivity contribution in [2.24, 2.45) is 11.8 Å². The SMILES string of the molecule is C=CCN1C(=O)[C@]2(O[C@H](CCn3cc([C@H](O)c4ccccc4)nn3)[C@@H](C(C)(C)c3ccc(OC)cc3)[C@@H]2C)c2cc(N3C(=O)COc4ccccc43)ccc21. The minimum atomic E-state index is -1.36. The van der Waals surface area contributed by atoms with Gasteiger partial charge in [-0.05, 0) is 65.4 Å². The first kappa shape index (κ1) is 36.2. The average Bonchev–Trinajstić information content (AvgIpc) is 3.87. The van der Waals surface area contributed by atoms with Crippen molar-refractivity contribution in [3.63, 3.8) is 0 Å². The van der Waals surface area contributed by atoms with Crippen LogP contribution in [0.2, 0.25) is 0 Å². The van der Waals surface area contributed by atoms with Crippen molar-refractivity contribution in [2.75, 3.05) is 30.1 Å². The molecule has 3 aliphatic rings. The summed E-state index contributed by atoms with van der Waals surface area (Å²) in [6.07, 6.45) is 2.68. The number of aliphatic hydroxyl groups excluding tert-OH is 1. The molecule has 1 spiro atoms. The van der Waals surface area contributed by atoms with Gasteiger partial charge < -0.3 is 24.2 Å². The van der Waals surface area contributed by atoms with Gasteiger partial charge in [-0.15, -0.1) is 11.7 Å². The molecule has 3 aliphatic heterocycles. The number of methoxy groups -OCH3 is 1. The second-order valence-corrected chi connectivity index (χ2v) is 15.1. The molecule has 1 N–H and O–H groups in total. The molecule has 11 heteroatoms. The molecule has 1 aromatic heterocycles. The topological polar surface area (TPSA) is 119 Å². The lowest BCUT2D eigenvalue weighted by Gasteiger charge is -2.39. The van der Waals surface area contributed by atoms with Gasteiger partial charge in [0.1, 0.15) is 23.3 Å². The summed E-state index contributed by atoms with van der Waals surface area (Å²) >= 11 is 0. The van der Waals surface area contributed by atoms with Crippen molar-refractivity contribution < 1.29 is 28.9 Å². The zero-order valence-corrected chi connectivity index (χ0v) is 31.5. The monoisotopic (exact) mass is 739 g/mol. The van der Waals surface area contributed by atoms with Crippen molar-refractivity contribution >= 4 is 28.9 Å². The molecule has 0 radical (unpaired) electrons. The second kappa shape index (κ2) is 14.1. The zero-order valence-electron chi connectivity index (χ0n) is 31.5. The molecular weight excluding hydrogens is 695 g/mol. The molecule has 0 unspecified atom stereocenters. The highest BCUT2D eigenvalue weighted by molar-refractivity contribution is 6.10. The quantitative estimate of drug-likeness (QED) is 0.146. The van der Waals surface area contributed by atoms with E-state index in [4.69, 9.17) is 14.2 Å². The molecule has 1 saturated heterocycles. The molecule has 0 bridgehead atoms. The summed E-state index contributed by atoms with van der Waals surface area (Å²) < 4.78 is 20.3. The van der Waals surface area contributed by atoms with Gasteiger partial charge in [-0.2, -0.15) is 0 Å². The Morgan fingerprint density at radius 3 is 2.51 bits per heavy atom. The maximum Gasteiger partial charge on any atom is 0.269 e. The summed E-state index contributed by atoms with van der Waals surface area (Å²) in [6.45, 7) is 11.1. The first-order valence-electron chi connectivity index (χ1n) is 18.7. The van der Waals surface area contributed by atoms with E-state index in [0.717, 1.165) is 22.6 Å². The molecular formula is C44H45N5O6. The number of carbonyl (C=O) groups excluding carboxylic acids is 2. The molecule has 2 amide bonds. The maximum atomic E-state index is 15.0. The number of hydrogen-bond donors (Lipinski definition) is 1. The lowest BCUT2D eigenvalue weighted by Crippen LogP contribution is -2.46. The Bertz CT molecular complexity index is 2240. The number of amides is 2. The number of rotatable bonds is 11. The van der Waals surface area contributed by atoms with E-state index >= 15 is 4.79 Å². The van der Waals surface area contributed by atoms with Crippen LogP contribution in [0.5, 0.6) is 11.5 Å². The summed E-state index contributed by atoms with van der Waals surface area (Å²) in [6, 6.07) is 30.6. The molecule has 55 heavy (non-hydrogen) atoms. The Morgan fingerprint density at radius 2 is 1.76 bits per heavy atom. The molecule has 8 rings (SSSR count). The van der Waals surface area contributed by atoms with Crippen LogP contribution >= 0.6 is 0 Å². The van der Waals surface area contributed by atoms with Gasteiger partial charge >= 0.3 is 0 Å². The molecule has 11 nitrogen and oxygen atoms in total. The highest BCUT2D eigenvalue weighted by atomic mass is 16.5. The largest absolute Gasteiger partial charge is 0.497 e. The minimum absolute atomic E-state index is 0.0970. The number of carbonyl (C=O) groups is 2. The Morgan fingerprint density at radius 1 is 1.02 bits per heavy atom. The van der Waals surface area contributed by atoms with Crippen LogP contribution in [-0.4, -0.2) is 58.3 Å². The highest BCUT2D eigenvalue weighted by Gasteiger charge is 2.66. The number of fused-ring (bicyclic) bond motifs is 3. The first-order chi connectivity index (χ1) is 26.6. The number of nitrogens with zero attached hydrogens (tertiary/aromatic N) is 5. The lowest BCUT2D eigenvalue weighted by molar-refractivity contribution is -0.146. The number of benzene rings is 4. The molecule has 1 fully saturated rings. The molecule has 4 aromatic carbocycles. The number of aryl methyl sites for hydroxylation is 1. The van der Waals surface area contributed by atoms with Gasteiger partial charge in [0.05, 0.1) is 30.8 Å². The Kier molecular flexibility index (Phi) is 9.30. The zero-order chi connectivity index (χ0) is 38.5. The number of aliphatic hydroxyl groups is 1. The Balaban J connectivity index is 1.20. The van der Waals surface area contributed by atoms with Gasteiger partial charge in [-0.25, -0.2) is 0 Å². The molecule has 4 heterocycles. The molecule has 0 saturated carbocycles.